The average molecular weight is 285 g/mol. The highest BCUT2D eigenvalue weighted by atomic mass is 35.7. The third kappa shape index (κ3) is 3.13. The number of esters is 1. The summed E-state index contributed by atoms with van der Waals surface area (Å²) in [5, 5.41) is 0. The highest BCUT2D eigenvalue weighted by molar-refractivity contribution is 8.13. The molecule has 0 aliphatic rings. The predicted octanol–water partition coefficient (Wildman–Crippen LogP) is 2.07. The smallest absolute Gasteiger partial charge is 0.341 e. The lowest BCUT2D eigenvalue weighted by atomic mass is 10.2. The van der Waals surface area contributed by atoms with Crippen LogP contribution < -0.4 is 0 Å². The second-order valence-electron chi connectivity index (χ2n) is 2.92. The van der Waals surface area contributed by atoms with Gasteiger partial charge < -0.3 is 4.74 Å². The maximum absolute atomic E-state index is 13.2. The van der Waals surface area contributed by atoms with Crippen LogP contribution in [0.1, 0.15) is 17.3 Å². The fourth-order valence-electron chi connectivity index (χ4n) is 1.06. The number of carbonyl (C=O) groups excluding carboxylic acids is 1. The van der Waals surface area contributed by atoms with Crippen molar-refractivity contribution in [2.75, 3.05) is 6.61 Å². The minimum atomic E-state index is -4.26. The van der Waals surface area contributed by atoms with Crippen molar-refractivity contribution in [3.8, 4) is 0 Å². The van der Waals surface area contributed by atoms with E-state index in [1.165, 1.54) is 6.92 Å². The van der Waals surface area contributed by atoms with E-state index in [4.69, 9.17) is 10.7 Å². The number of hydrogen-bond acceptors (Lipinski definition) is 4. The van der Waals surface area contributed by atoms with Crippen molar-refractivity contribution in [1.29, 1.82) is 0 Å². The third-order valence-electron chi connectivity index (χ3n) is 1.78. The molecule has 0 spiro atoms. The topological polar surface area (TPSA) is 60.4 Å². The Morgan fingerprint density at radius 1 is 1.41 bits per heavy atom. The van der Waals surface area contributed by atoms with Gasteiger partial charge in [0.1, 0.15) is 0 Å². The van der Waals surface area contributed by atoms with Crippen molar-refractivity contribution in [2.24, 2.45) is 0 Å². The Kier molecular flexibility index (Phi) is 4.05. The first-order valence-corrected chi connectivity index (χ1v) is 6.69. The molecule has 0 aliphatic heterocycles. The van der Waals surface area contributed by atoms with Crippen LogP contribution in [0.4, 0.5) is 8.78 Å². The molecular weight excluding hydrogens is 278 g/mol. The zero-order valence-corrected chi connectivity index (χ0v) is 10.1. The fraction of sp³-hybridized carbons (Fsp3) is 0.222. The molecular formula is C9H7ClF2O4S. The van der Waals surface area contributed by atoms with Crippen LogP contribution in [0.2, 0.25) is 0 Å². The van der Waals surface area contributed by atoms with E-state index in [0.717, 1.165) is 0 Å². The largest absolute Gasteiger partial charge is 0.462 e. The van der Waals surface area contributed by atoms with Crippen LogP contribution in [0.25, 0.3) is 0 Å². The first-order chi connectivity index (χ1) is 7.77. The van der Waals surface area contributed by atoms with Crippen LogP contribution in [0, 0.1) is 11.6 Å². The molecule has 0 unspecified atom stereocenters. The molecule has 0 aromatic heterocycles. The Hall–Kier alpha value is -1.21. The molecule has 0 atom stereocenters. The molecule has 1 rings (SSSR count). The van der Waals surface area contributed by atoms with Crippen molar-refractivity contribution in [2.45, 2.75) is 11.8 Å². The summed E-state index contributed by atoms with van der Waals surface area (Å²) in [6, 6.07) is 1.01. The van der Waals surface area contributed by atoms with Gasteiger partial charge in [0.25, 0.3) is 9.05 Å². The Morgan fingerprint density at radius 2 is 2.00 bits per heavy atom. The van der Waals surface area contributed by atoms with Crippen molar-refractivity contribution in [3.63, 3.8) is 0 Å². The van der Waals surface area contributed by atoms with Gasteiger partial charge in [-0.1, -0.05) is 0 Å². The number of rotatable bonds is 3. The van der Waals surface area contributed by atoms with Crippen LogP contribution in [-0.4, -0.2) is 21.0 Å². The molecule has 0 amide bonds. The molecule has 17 heavy (non-hydrogen) atoms. The summed E-state index contributed by atoms with van der Waals surface area (Å²) in [4.78, 5) is 10.5. The Balaban J connectivity index is 3.40. The van der Waals surface area contributed by atoms with Gasteiger partial charge in [-0.05, 0) is 19.1 Å². The quantitative estimate of drug-likeness (QED) is 0.630. The standard InChI is InChI=1S/C9H7ClF2O4S/c1-2-16-9(13)6-3-5(17(10,14)15)4-7(11)8(6)12/h3-4H,2H2,1H3. The van der Waals surface area contributed by atoms with E-state index in [1.54, 1.807) is 0 Å². The van der Waals surface area contributed by atoms with E-state index in [0.29, 0.717) is 12.1 Å². The minimum absolute atomic E-state index is 0.0578. The lowest BCUT2D eigenvalue weighted by Gasteiger charge is -2.05. The zero-order chi connectivity index (χ0) is 13.2. The summed E-state index contributed by atoms with van der Waals surface area (Å²) in [6.07, 6.45) is 0. The number of ether oxygens (including phenoxy) is 1. The first-order valence-electron chi connectivity index (χ1n) is 4.38. The summed E-state index contributed by atoms with van der Waals surface area (Å²) >= 11 is 0. The monoisotopic (exact) mass is 284 g/mol. The number of halogens is 3. The van der Waals surface area contributed by atoms with Gasteiger partial charge in [0.2, 0.25) is 0 Å². The van der Waals surface area contributed by atoms with Gasteiger partial charge in [0.05, 0.1) is 17.1 Å². The second kappa shape index (κ2) is 4.97. The second-order valence-corrected chi connectivity index (χ2v) is 5.49. The molecule has 94 valence electrons. The van der Waals surface area contributed by atoms with Gasteiger partial charge >= 0.3 is 5.97 Å². The van der Waals surface area contributed by atoms with Gasteiger partial charge in [-0.15, -0.1) is 0 Å². The third-order valence-corrected chi connectivity index (χ3v) is 3.11. The van der Waals surface area contributed by atoms with Gasteiger partial charge in [-0.25, -0.2) is 22.0 Å². The van der Waals surface area contributed by atoms with Gasteiger partial charge in [0, 0.05) is 10.7 Å². The van der Waals surface area contributed by atoms with Gasteiger partial charge in [0.15, 0.2) is 11.6 Å². The maximum Gasteiger partial charge on any atom is 0.341 e. The molecule has 0 saturated carbocycles. The highest BCUT2D eigenvalue weighted by Gasteiger charge is 2.22. The number of benzene rings is 1. The van der Waals surface area contributed by atoms with E-state index in [9.17, 15) is 22.0 Å². The SMILES string of the molecule is CCOC(=O)c1cc(S(=O)(=O)Cl)cc(F)c1F. The minimum Gasteiger partial charge on any atom is -0.462 e. The molecule has 0 N–H and O–H groups in total. The zero-order valence-electron chi connectivity index (χ0n) is 8.54. The number of carbonyl (C=O) groups is 1. The van der Waals surface area contributed by atoms with Crippen LogP contribution >= 0.6 is 10.7 Å². The average Bonchev–Trinajstić information content (AvgIpc) is 2.20. The molecule has 0 bridgehead atoms. The lowest BCUT2D eigenvalue weighted by Crippen LogP contribution is -2.10. The molecule has 0 fully saturated rings. The molecule has 0 saturated heterocycles. The van der Waals surface area contributed by atoms with Crippen molar-refractivity contribution in [3.05, 3.63) is 29.3 Å². The van der Waals surface area contributed by atoms with E-state index in [1.807, 2.05) is 0 Å². The van der Waals surface area contributed by atoms with Crippen LogP contribution in [0.3, 0.4) is 0 Å². The van der Waals surface area contributed by atoms with E-state index in [-0.39, 0.29) is 6.61 Å². The summed E-state index contributed by atoms with van der Waals surface area (Å²) in [6.45, 7) is 1.41. The molecule has 4 nitrogen and oxygen atoms in total. The Morgan fingerprint density at radius 3 is 2.47 bits per heavy atom. The summed E-state index contributed by atoms with van der Waals surface area (Å²) in [7, 11) is 0.712. The molecule has 1 aromatic rings. The van der Waals surface area contributed by atoms with Crippen molar-refractivity contribution in [1.82, 2.24) is 0 Å². The normalized spacial score (nSPS) is 11.3. The molecule has 8 heteroatoms. The van der Waals surface area contributed by atoms with Crippen LogP contribution in [0.15, 0.2) is 17.0 Å². The summed E-state index contributed by atoms with van der Waals surface area (Å²) < 4.78 is 52.6. The molecule has 0 heterocycles. The van der Waals surface area contributed by atoms with Crippen molar-refractivity contribution < 1.29 is 26.7 Å². The molecule has 0 radical (unpaired) electrons. The lowest BCUT2D eigenvalue weighted by molar-refractivity contribution is 0.0519. The molecule has 1 aromatic carbocycles. The van der Waals surface area contributed by atoms with Crippen LogP contribution in [0.5, 0.6) is 0 Å². The Labute approximate surface area is 101 Å². The van der Waals surface area contributed by atoms with Gasteiger partial charge in [-0.3, -0.25) is 0 Å². The predicted molar refractivity (Wildman–Crippen MR) is 55.4 cm³/mol. The fourth-order valence-corrected chi connectivity index (χ4v) is 1.83. The van der Waals surface area contributed by atoms with E-state index < -0.39 is 37.1 Å². The van der Waals surface area contributed by atoms with E-state index in [2.05, 4.69) is 4.74 Å². The van der Waals surface area contributed by atoms with E-state index >= 15 is 0 Å². The Bertz CT molecular complexity index is 556. The summed E-state index contributed by atoms with van der Waals surface area (Å²) in [5.74, 6) is -4.13. The maximum atomic E-state index is 13.2. The van der Waals surface area contributed by atoms with Crippen LogP contribution in [-0.2, 0) is 13.8 Å². The number of hydrogen-bond donors (Lipinski definition) is 0. The molecule has 0 aliphatic carbocycles. The van der Waals surface area contributed by atoms with Gasteiger partial charge in [-0.2, -0.15) is 0 Å². The highest BCUT2D eigenvalue weighted by Crippen LogP contribution is 2.22. The first kappa shape index (κ1) is 13.9. The van der Waals surface area contributed by atoms with Crippen molar-refractivity contribution >= 4 is 25.7 Å². The summed E-state index contributed by atoms with van der Waals surface area (Å²) in [5.41, 5.74) is -0.814.